The normalized spacial score (nSPS) is 14.2. The molecule has 2 heterocycles. The molecule has 0 bridgehead atoms. The van der Waals surface area contributed by atoms with Gasteiger partial charge < -0.3 is 10.3 Å². The lowest BCUT2D eigenvalue weighted by molar-refractivity contribution is -0.124. The Labute approximate surface area is 156 Å². The highest BCUT2D eigenvalue weighted by atomic mass is 32.2. The molecule has 25 heavy (non-hydrogen) atoms. The minimum absolute atomic E-state index is 0.0669. The van der Waals surface area contributed by atoms with Crippen molar-refractivity contribution in [3.05, 3.63) is 33.2 Å². The predicted molar refractivity (Wildman–Crippen MR) is 104 cm³/mol. The van der Waals surface area contributed by atoms with Crippen LogP contribution >= 0.6 is 24.0 Å². The van der Waals surface area contributed by atoms with Crippen LogP contribution in [0, 0.1) is 13.8 Å². The highest BCUT2D eigenvalue weighted by Crippen LogP contribution is 2.19. The minimum Gasteiger partial charge on any atom is -0.352 e. The lowest BCUT2D eigenvalue weighted by Gasteiger charge is -2.14. The first-order chi connectivity index (χ1) is 11.9. The van der Waals surface area contributed by atoms with Crippen LogP contribution in [-0.4, -0.2) is 38.3 Å². The smallest absolute Gasteiger partial charge is 0.253 e. The first kappa shape index (κ1) is 19.7. The molecular weight excluding hydrogens is 358 g/mol. The number of thioether (sulfide) groups is 1. The van der Waals surface area contributed by atoms with Crippen molar-refractivity contribution in [3.8, 4) is 0 Å². The second-order valence-corrected chi connectivity index (χ2v) is 7.74. The van der Waals surface area contributed by atoms with Crippen molar-refractivity contribution in [2.24, 2.45) is 0 Å². The van der Waals surface area contributed by atoms with Gasteiger partial charge in [0.25, 0.3) is 5.56 Å². The Balaban J connectivity index is 1.65. The largest absolute Gasteiger partial charge is 0.352 e. The molecule has 1 saturated heterocycles. The summed E-state index contributed by atoms with van der Waals surface area (Å²) in [5.74, 6) is 0.452. The Hall–Kier alpha value is -1.67. The van der Waals surface area contributed by atoms with Crippen molar-refractivity contribution in [1.29, 1.82) is 0 Å². The van der Waals surface area contributed by atoms with Crippen molar-refractivity contribution in [1.82, 2.24) is 15.2 Å². The van der Waals surface area contributed by atoms with Crippen LogP contribution in [0.3, 0.4) is 0 Å². The molecule has 0 aromatic carbocycles. The van der Waals surface area contributed by atoms with Crippen LogP contribution in [0.2, 0.25) is 0 Å². The fourth-order valence-electron chi connectivity index (χ4n) is 2.71. The summed E-state index contributed by atoms with van der Waals surface area (Å²) in [4.78, 5) is 39.8. The van der Waals surface area contributed by atoms with Crippen molar-refractivity contribution in [3.63, 3.8) is 0 Å². The molecular formula is C17H23N3O3S2. The number of nitrogens with zero attached hydrogens (tertiary/aromatic N) is 1. The summed E-state index contributed by atoms with van der Waals surface area (Å²) in [6, 6.07) is 1.89. The maximum atomic E-state index is 11.9. The van der Waals surface area contributed by atoms with E-state index < -0.39 is 0 Å². The summed E-state index contributed by atoms with van der Waals surface area (Å²) >= 11 is 6.53. The quantitative estimate of drug-likeness (QED) is 0.532. The van der Waals surface area contributed by atoms with Gasteiger partial charge in [0.15, 0.2) is 0 Å². The van der Waals surface area contributed by atoms with Gasteiger partial charge in [0.1, 0.15) is 4.32 Å². The maximum absolute atomic E-state index is 11.9. The third kappa shape index (κ3) is 5.67. The fourth-order valence-corrected chi connectivity index (χ4v) is 3.83. The van der Waals surface area contributed by atoms with Crippen molar-refractivity contribution < 1.29 is 9.59 Å². The number of thiocarbonyl (C=S) groups is 1. The van der Waals surface area contributed by atoms with Crippen LogP contribution in [0.5, 0.6) is 0 Å². The Kier molecular flexibility index (Phi) is 7.19. The number of hydrogen-bond acceptors (Lipinski definition) is 5. The number of aryl methyl sites for hydroxylation is 2. The number of aromatic amines is 1. The van der Waals surface area contributed by atoms with Crippen molar-refractivity contribution >= 4 is 40.1 Å². The van der Waals surface area contributed by atoms with Crippen molar-refractivity contribution in [2.45, 2.75) is 46.1 Å². The summed E-state index contributed by atoms with van der Waals surface area (Å²) in [7, 11) is 0. The monoisotopic (exact) mass is 381 g/mol. The first-order valence-electron chi connectivity index (χ1n) is 8.31. The molecule has 1 fully saturated rings. The van der Waals surface area contributed by atoms with E-state index in [-0.39, 0.29) is 23.9 Å². The summed E-state index contributed by atoms with van der Waals surface area (Å²) < 4.78 is 0.654. The highest BCUT2D eigenvalue weighted by molar-refractivity contribution is 8.23. The number of nitrogens with one attached hydrogen (secondary N) is 2. The fraction of sp³-hybridized carbons (Fsp3) is 0.529. The van der Waals surface area contributed by atoms with Gasteiger partial charge in [-0.15, -0.1) is 0 Å². The van der Waals surface area contributed by atoms with E-state index in [9.17, 15) is 14.4 Å². The number of aromatic nitrogens is 1. The van der Waals surface area contributed by atoms with Gasteiger partial charge >= 0.3 is 0 Å². The molecule has 1 aromatic rings. The van der Waals surface area contributed by atoms with Gasteiger partial charge in [0.2, 0.25) is 11.8 Å². The maximum Gasteiger partial charge on any atom is 0.253 e. The molecule has 2 rings (SSSR count). The van der Waals surface area contributed by atoms with Gasteiger partial charge in [-0.25, -0.2) is 0 Å². The van der Waals surface area contributed by atoms with E-state index in [0.717, 1.165) is 30.5 Å². The summed E-state index contributed by atoms with van der Waals surface area (Å²) in [6.07, 6.45) is 2.85. The molecule has 2 amide bonds. The Morgan fingerprint density at radius 1 is 1.32 bits per heavy atom. The van der Waals surface area contributed by atoms with E-state index in [1.165, 1.54) is 11.8 Å². The lowest BCUT2D eigenvalue weighted by atomic mass is 10.1. The summed E-state index contributed by atoms with van der Waals surface area (Å²) in [5, 5.41) is 2.80. The number of carbonyl (C=O) groups is 2. The summed E-state index contributed by atoms with van der Waals surface area (Å²) in [6.45, 7) is 4.57. The SMILES string of the molecule is Cc1cc(C)c(CNC(=O)CCCCCN2C(=O)CSC2=S)c(=O)[nH]1. The zero-order valence-corrected chi connectivity index (χ0v) is 16.1. The Morgan fingerprint density at radius 2 is 2.08 bits per heavy atom. The molecule has 0 spiro atoms. The molecule has 0 radical (unpaired) electrons. The topological polar surface area (TPSA) is 82.3 Å². The van der Waals surface area contributed by atoms with Gasteiger partial charge in [0, 0.05) is 30.8 Å². The number of pyridine rings is 1. The molecule has 136 valence electrons. The molecule has 0 unspecified atom stereocenters. The number of amides is 2. The van der Waals surface area contributed by atoms with Gasteiger partial charge in [-0.1, -0.05) is 30.4 Å². The van der Waals surface area contributed by atoms with E-state index in [2.05, 4.69) is 10.3 Å². The number of H-pyrrole nitrogens is 1. The average Bonchev–Trinajstić information content (AvgIpc) is 2.85. The highest BCUT2D eigenvalue weighted by Gasteiger charge is 2.25. The lowest BCUT2D eigenvalue weighted by Crippen LogP contribution is -2.29. The number of hydrogen-bond donors (Lipinski definition) is 2. The van der Waals surface area contributed by atoms with Gasteiger partial charge in [-0.2, -0.15) is 0 Å². The number of rotatable bonds is 8. The summed E-state index contributed by atoms with van der Waals surface area (Å²) in [5.41, 5.74) is 2.14. The average molecular weight is 382 g/mol. The second kappa shape index (κ2) is 9.15. The number of carbonyl (C=O) groups excluding carboxylic acids is 2. The number of unbranched alkanes of at least 4 members (excludes halogenated alkanes) is 2. The zero-order valence-electron chi connectivity index (χ0n) is 14.5. The third-order valence-electron chi connectivity index (χ3n) is 4.08. The van der Waals surface area contributed by atoms with Crippen molar-refractivity contribution in [2.75, 3.05) is 12.3 Å². The molecule has 0 atom stereocenters. The molecule has 0 saturated carbocycles. The molecule has 2 N–H and O–H groups in total. The van der Waals surface area contributed by atoms with Gasteiger partial charge in [0.05, 0.1) is 5.75 Å². The van der Waals surface area contributed by atoms with Crippen LogP contribution < -0.4 is 10.9 Å². The van der Waals surface area contributed by atoms with Gasteiger partial charge in [-0.05, 0) is 38.3 Å². The minimum atomic E-state index is -0.151. The molecule has 0 aliphatic carbocycles. The molecule has 1 aliphatic rings. The van der Waals surface area contributed by atoms with Crippen LogP contribution in [0.4, 0.5) is 0 Å². The second-order valence-electron chi connectivity index (χ2n) is 6.13. The Bertz CT molecular complexity index is 714. The molecule has 1 aliphatic heterocycles. The molecule has 1 aromatic heterocycles. The van der Waals surface area contributed by atoms with Crippen LogP contribution in [-0.2, 0) is 16.1 Å². The van der Waals surface area contributed by atoms with E-state index in [1.54, 1.807) is 4.90 Å². The van der Waals surface area contributed by atoms with E-state index in [4.69, 9.17) is 12.2 Å². The van der Waals surface area contributed by atoms with Gasteiger partial charge in [-0.3, -0.25) is 19.3 Å². The molecule has 8 heteroatoms. The van der Waals surface area contributed by atoms with Crippen LogP contribution in [0.1, 0.15) is 42.5 Å². The predicted octanol–water partition coefficient (Wildman–Crippen LogP) is 2.03. The Morgan fingerprint density at radius 3 is 2.72 bits per heavy atom. The standard InChI is InChI=1S/C17H23N3O3S2/c1-11-8-12(2)19-16(23)13(11)9-18-14(21)6-4-3-5-7-20-15(22)10-25-17(20)24/h8H,3-7,9-10H2,1-2H3,(H,18,21)(H,19,23). The zero-order chi connectivity index (χ0) is 18.4. The van der Waals surface area contributed by atoms with E-state index in [1.807, 2.05) is 19.9 Å². The van der Waals surface area contributed by atoms with E-state index >= 15 is 0 Å². The van der Waals surface area contributed by atoms with Crippen LogP contribution in [0.25, 0.3) is 0 Å². The van der Waals surface area contributed by atoms with E-state index in [0.29, 0.717) is 28.6 Å². The first-order valence-corrected chi connectivity index (χ1v) is 9.71. The van der Waals surface area contributed by atoms with Crippen LogP contribution in [0.15, 0.2) is 10.9 Å². The molecule has 6 nitrogen and oxygen atoms in total. The third-order valence-corrected chi connectivity index (χ3v) is 5.51.